The molecule has 0 radical (unpaired) electrons. The summed E-state index contributed by atoms with van der Waals surface area (Å²) < 4.78 is 0. The maximum absolute atomic E-state index is 13.9. The molecule has 0 aromatic heterocycles. The molecule has 5 rings (SSSR count). The first-order valence-corrected chi connectivity index (χ1v) is 13.2. The van der Waals surface area contributed by atoms with Gasteiger partial charge in [-0.3, -0.25) is 24.1 Å². The highest BCUT2D eigenvalue weighted by molar-refractivity contribution is 6.30. The van der Waals surface area contributed by atoms with Crippen LogP contribution in [0.3, 0.4) is 0 Å². The molecular weight excluding hydrogens is 526 g/mol. The Labute approximate surface area is 236 Å². The van der Waals surface area contributed by atoms with Crippen LogP contribution in [0.25, 0.3) is 0 Å². The molecule has 7 nitrogen and oxygen atoms in total. The minimum Gasteiger partial charge on any atom is -0.343 e. The fourth-order valence-corrected chi connectivity index (χ4v) is 4.90. The summed E-state index contributed by atoms with van der Waals surface area (Å²) >= 11 is 6.09. The van der Waals surface area contributed by atoms with Crippen LogP contribution in [-0.2, 0) is 9.59 Å². The lowest BCUT2D eigenvalue weighted by molar-refractivity contribution is -0.131. The molecule has 0 saturated heterocycles. The third-order valence-electron chi connectivity index (χ3n) is 6.90. The van der Waals surface area contributed by atoms with Gasteiger partial charge < -0.3 is 10.6 Å². The predicted molar refractivity (Wildman–Crippen MR) is 152 cm³/mol. The first kappa shape index (κ1) is 26.8. The molecule has 0 spiro atoms. The van der Waals surface area contributed by atoms with E-state index in [1.165, 1.54) is 6.92 Å². The molecule has 0 aliphatic carbocycles. The zero-order chi connectivity index (χ0) is 28.2. The van der Waals surface area contributed by atoms with Crippen LogP contribution in [0.2, 0.25) is 5.02 Å². The number of hydrogen-bond acceptors (Lipinski definition) is 4. The van der Waals surface area contributed by atoms with E-state index in [4.69, 9.17) is 11.6 Å². The number of nitrogens with zero attached hydrogens (tertiary/aromatic N) is 1. The Hall–Kier alpha value is -4.75. The van der Waals surface area contributed by atoms with Crippen LogP contribution in [0.4, 0.5) is 0 Å². The second kappa shape index (κ2) is 11.6. The summed E-state index contributed by atoms with van der Waals surface area (Å²) in [6.07, 6.45) is 0. The summed E-state index contributed by atoms with van der Waals surface area (Å²) in [6, 6.07) is 29.2. The van der Waals surface area contributed by atoms with Gasteiger partial charge in [0.15, 0.2) is 0 Å². The highest BCUT2D eigenvalue weighted by atomic mass is 35.5. The van der Waals surface area contributed by atoms with Gasteiger partial charge in [-0.2, -0.15) is 0 Å². The quantitative estimate of drug-likeness (QED) is 0.298. The van der Waals surface area contributed by atoms with E-state index < -0.39 is 41.8 Å². The van der Waals surface area contributed by atoms with Crippen molar-refractivity contribution in [3.05, 3.63) is 142 Å². The van der Waals surface area contributed by atoms with Gasteiger partial charge in [-0.25, -0.2) is 0 Å². The van der Waals surface area contributed by atoms with Crippen LogP contribution in [0, 0.1) is 0 Å². The minimum absolute atomic E-state index is 0.243. The molecule has 4 aromatic rings. The number of carbonyl (C=O) groups excluding carboxylic acids is 4. The van der Waals surface area contributed by atoms with Gasteiger partial charge >= 0.3 is 0 Å². The number of imide groups is 1. The van der Waals surface area contributed by atoms with E-state index in [0.717, 1.165) is 16.0 Å². The van der Waals surface area contributed by atoms with Crippen LogP contribution in [-0.4, -0.2) is 34.6 Å². The van der Waals surface area contributed by atoms with E-state index in [1.54, 1.807) is 48.5 Å². The molecule has 0 saturated carbocycles. The minimum atomic E-state index is -1.16. The van der Waals surface area contributed by atoms with E-state index in [2.05, 4.69) is 10.6 Å². The molecule has 2 atom stereocenters. The average Bonchev–Trinajstić information content (AvgIpc) is 3.24. The lowest BCUT2D eigenvalue weighted by atomic mass is 9.97. The highest BCUT2D eigenvalue weighted by Crippen LogP contribution is 2.27. The first-order valence-electron chi connectivity index (χ1n) is 12.8. The van der Waals surface area contributed by atoms with Gasteiger partial charge in [0.1, 0.15) is 12.1 Å². The molecule has 4 amide bonds. The van der Waals surface area contributed by atoms with Crippen molar-refractivity contribution in [2.24, 2.45) is 0 Å². The normalized spacial score (nSPS) is 14.0. The first-order chi connectivity index (χ1) is 19.3. The summed E-state index contributed by atoms with van der Waals surface area (Å²) in [5.74, 6) is -2.23. The average molecular weight is 552 g/mol. The fraction of sp³-hybridized carbons (Fsp3) is 0.125. The van der Waals surface area contributed by atoms with Crippen molar-refractivity contribution in [3.63, 3.8) is 0 Å². The van der Waals surface area contributed by atoms with Crippen molar-refractivity contribution in [2.75, 3.05) is 0 Å². The van der Waals surface area contributed by atoms with Gasteiger partial charge in [0.2, 0.25) is 11.8 Å². The summed E-state index contributed by atoms with van der Waals surface area (Å²) in [5, 5.41) is 6.31. The maximum Gasteiger partial charge on any atom is 0.262 e. The Bertz CT molecular complexity index is 1480. The van der Waals surface area contributed by atoms with Crippen molar-refractivity contribution in [1.29, 1.82) is 0 Å². The van der Waals surface area contributed by atoms with Crippen molar-refractivity contribution < 1.29 is 19.2 Å². The smallest absolute Gasteiger partial charge is 0.262 e. The highest BCUT2D eigenvalue weighted by Gasteiger charge is 2.41. The number of hydrogen-bond donors (Lipinski definition) is 2. The Morgan fingerprint density at radius 1 is 0.625 bits per heavy atom. The third-order valence-corrected chi connectivity index (χ3v) is 7.15. The van der Waals surface area contributed by atoms with E-state index in [1.807, 2.05) is 60.7 Å². The number of halogens is 1. The molecule has 8 heteroatoms. The molecule has 0 fully saturated rings. The standard InChI is InChI=1S/C32H26ClN3O4/c1-20(36-31(39)25-14-8-9-15-26(25)32(36)40)29(37)35-28(23-16-18-24(33)19-17-23)30(38)34-27(21-10-4-2-5-11-21)22-12-6-3-7-13-22/h2-20,27-28H,1H3,(H,34,38)(H,35,37). The van der Waals surface area contributed by atoms with Crippen LogP contribution >= 0.6 is 11.6 Å². The summed E-state index contributed by atoms with van der Waals surface area (Å²) in [4.78, 5) is 54.2. The summed E-state index contributed by atoms with van der Waals surface area (Å²) in [5.41, 5.74) is 2.70. The SMILES string of the molecule is CC(C(=O)NC(C(=O)NC(c1ccccc1)c1ccccc1)c1ccc(Cl)cc1)N1C(=O)c2ccccc2C1=O. The number of benzene rings is 4. The van der Waals surface area contributed by atoms with Gasteiger partial charge in [0, 0.05) is 5.02 Å². The molecule has 4 aromatic carbocycles. The van der Waals surface area contributed by atoms with Crippen LogP contribution < -0.4 is 10.6 Å². The lowest BCUT2D eigenvalue weighted by Gasteiger charge is -2.27. The van der Waals surface area contributed by atoms with Gasteiger partial charge in [-0.15, -0.1) is 0 Å². The summed E-state index contributed by atoms with van der Waals surface area (Å²) in [6.45, 7) is 1.46. The lowest BCUT2D eigenvalue weighted by Crippen LogP contribution is -2.51. The molecule has 0 bridgehead atoms. The second-order valence-electron chi connectivity index (χ2n) is 9.46. The number of carbonyl (C=O) groups is 4. The Kier molecular flexibility index (Phi) is 7.75. The summed E-state index contributed by atoms with van der Waals surface area (Å²) in [7, 11) is 0. The zero-order valence-electron chi connectivity index (χ0n) is 21.6. The topological polar surface area (TPSA) is 95.6 Å². The third kappa shape index (κ3) is 5.37. The fourth-order valence-electron chi connectivity index (χ4n) is 4.77. The predicted octanol–water partition coefficient (Wildman–Crippen LogP) is 5.09. The van der Waals surface area contributed by atoms with Crippen LogP contribution in [0.5, 0.6) is 0 Å². The van der Waals surface area contributed by atoms with E-state index >= 15 is 0 Å². The molecule has 1 aliphatic rings. The molecule has 2 N–H and O–H groups in total. The number of fused-ring (bicyclic) bond motifs is 1. The zero-order valence-corrected chi connectivity index (χ0v) is 22.3. The Morgan fingerprint density at radius 3 is 1.60 bits per heavy atom. The van der Waals surface area contributed by atoms with E-state index in [0.29, 0.717) is 10.6 Å². The maximum atomic E-state index is 13.9. The van der Waals surface area contributed by atoms with Crippen molar-refractivity contribution in [2.45, 2.75) is 25.0 Å². The molecule has 1 heterocycles. The van der Waals surface area contributed by atoms with E-state index in [9.17, 15) is 19.2 Å². The molecule has 200 valence electrons. The molecule has 1 aliphatic heterocycles. The molecule has 40 heavy (non-hydrogen) atoms. The van der Waals surface area contributed by atoms with Crippen LogP contribution in [0.15, 0.2) is 109 Å². The van der Waals surface area contributed by atoms with Gasteiger partial charge in [0.05, 0.1) is 17.2 Å². The Balaban J connectivity index is 1.43. The number of amides is 4. The van der Waals surface area contributed by atoms with Crippen LogP contribution in [0.1, 0.15) is 56.4 Å². The van der Waals surface area contributed by atoms with Crippen molar-refractivity contribution >= 4 is 35.2 Å². The molecule has 2 unspecified atom stereocenters. The van der Waals surface area contributed by atoms with Gasteiger partial charge in [-0.1, -0.05) is 96.5 Å². The van der Waals surface area contributed by atoms with Crippen molar-refractivity contribution in [1.82, 2.24) is 15.5 Å². The number of nitrogens with one attached hydrogen (secondary N) is 2. The van der Waals surface area contributed by atoms with Crippen molar-refractivity contribution in [3.8, 4) is 0 Å². The molecular formula is C32H26ClN3O4. The largest absolute Gasteiger partial charge is 0.343 e. The monoisotopic (exact) mass is 551 g/mol. The number of rotatable bonds is 8. The van der Waals surface area contributed by atoms with E-state index in [-0.39, 0.29) is 11.1 Å². The van der Waals surface area contributed by atoms with Gasteiger partial charge in [-0.05, 0) is 47.9 Å². The second-order valence-corrected chi connectivity index (χ2v) is 9.89. The van der Waals surface area contributed by atoms with Gasteiger partial charge in [0.25, 0.3) is 11.8 Å². The Morgan fingerprint density at radius 2 is 1.10 bits per heavy atom.